The fourth-order valence-electron chi connectivity index (χ4n) is 5.08. The van der Waals surface area contributed by atoms with Crippen molar-refractivity contribution >= 4 is 15.9 Å². The first kappa shape index (κ1) is 25.1. The Morgan fingerprint density at radius 3 is 2.34 bits per heavy atom. The Morgan fingerprint density at radius 1 is 1.06 bits per heavy atom. The first-order valence-corrected chi connectivity index (χ1v) is 13.4. The highest BCUT2D eigenvalue weighted by molar-refractivity contribution is 7.89. The summed E-state index contributed by atoms with van der Waals surface area (Å²) >= 11 is 0. The summed E-state index contributed by atoms with van der Waals surface area (Å²) in [5.74, 6) is 0.0374. The molecule has 0 radical (unpaired) electrons. The van der Waals surface area contributed by atoms with Gasteiger partial charge in [-0.1, -0.05) is 24.1 Å². The number of amides is 1. The van der Waals surface area contributed by atoms with Gasteiger partial charge in [-0.25, -0.2) is 8.42 Å². The average molecular weight is 465 g/mol. The van der Waals surface area contributed by atoms with Crippen LogP contribution in [0.1, 0.15) is 49.3 Å². The van der Waals surface area contributed by atoms with Crippen molar-refractivity contribution in [1.29, 1.82) is 0 Å². The highest BCUT2D eigenvalue weighted by atomic mass is 32.2. The number of carbonyl (C=O) groups excluding carboxylic acids is 1. The number of hydrogen-bond donors (Lipinski definition) is 1. The van der Waals surface area contributed by atoms with E-state index in [0.29, 0.717) is 37.1 Å². The summed E-state index contributed by atoms with van der Waals surface area (Å²) in [6.45, 7) is 13.2. The van der Waals surface area contributed by atoms with Gasteiger partial charge < -0.3 is 10.2 Å². The van der Waals surface area contributed by atoms with Gasteiger partial charge in [0.2, 0.25) is 15.9 Å². The lowest BCUT2D eigenvalue weighted by Crippen LogP contribution is -2.48. The van der Waals surface area contributed by atoms with E-state index >= 15 is 0 Å². The van der Waals surface area contributed by atoms with Crippen LogP contribution in [0.25, 0.3) is 0 Å². The molecule has 2 aliphatic heterocycles. The van der Waals surface area contributed by atoms with Gasteiger partial charge in [0.25, 0.3) is 0 Å². The first-order valence-electron chi connectivity index (χ1n) is 12.0. The molecule has 2 heterocycles. The third-order valence-electron chi connectivity index (χ3n) is 6.82. The smallest absolute Gasteiger partial charge is 0.243 e. The van der Waals surface area contributed by atoms with Crippen LogP contribution < -0.4 is 5.32 Å². The molecule has 1 N–H and O–H groups in total. The minimum Gasteiger partial charge on any atom is -0.340 e. The summed E-state index contributed by atoms with van der Waals surface area (Å²) in [7, 11) is -3.70. The minimum atomic E-state index is -3.70. The molecule has 0 aliphatic carbocycles. The SMILES string of the molecule is Cc1cc(C)c(S(=O)(=O)N(CCC(=O)N2CCNCC2)CCN2CCCC[C@H]2C)c(C)c1. The summed E-state index contributed by atoms with van der Waals surface area (Å²) < 4.78 is 29.2. The minimum absolute atomic E-state index is 0.0374. The Bertz CT molecular complexity index is 874. The van der Waals surface area contributed by atoms with Gasteiger partial charge in [-0.15, -0.1) is 0 Å². The van der Waals surface area contributed by atoms with Crippen LogP contribution in [0.2, 0.25) is 0 Å². The van der Waals surface area contributed by atoms with Gasteiger partial charge in [-0.2, -0.15) is 4.31 Å². The van der Waals surface area contributed by atoms with Crippen molar-refractivity contribution in [2.45, 2.75) is 64.3 Å². The van der Waals surface area contributed by atoms with E-state index in [1.54, 1.807) is 4.31 Å². The zero-order valence-corrected chi connectivity index (χ0v) is 21.0. The quantitative estimate of drug-likeness (QED) is 0.639. The molecule has 180 valence electrons. The number of aryl methyl sites for hydroxylation is 3. The number of sulfonamides is 1. The highest BCUT2D eigenvalue weighted by Crippen LogP contribution is 2.26. The molecule has 1 atom stereocenters. The molecule has 0 spiro atoms. The van der Waals surface area contributed by atoms with Gasteiger partial charge in [0.15, 0.2) is 0 Å². The molecule has 8 heteroatoms. The third-order valence-corrected chi connectivity index (χ3v) is 9.03. The third kappa shape index (κ3) is 6.10. The summed E-state index contributed by atoms with van der Waals surface area (Å²) in [5, 5.41) is 3.25. The lowest BCUT2D eigenvalue weighted by atomic mass is 10.0. The zero-order chi connectivity index (χ0) is 23.3. The van der Waals surface area contributed by atoms with E-state index in [0.717, 1.165) is 49.2 Å². The summed E-state index contributed by atoms with van der Waals surface area (Å²) in [5.41, 5.74) is 2.60. The van der Waals surface area contributed by atoms with Crippen LogP contribution in [0.15, 0.2) is 17.0 Å². The number of likely N-dealkylation sites (tertiary alicyclic amines) is 1. The van der Waals surface area contributed by atoms with Crippen molar-refractivity contribution in [3.8, 4) is 0 Å². The average Bonchev–Trinajstić information content (AvgIpc) is 2.74. The van der Waals surface area contributed by atoms with E-state index in [2.05, 4.69) is 17.1 Å². The summed E-state index contributed by atoms with van der Waals surface area (Å²) in [6.07, 6.45) is 3.78. The highest BCUT2D eigenvalue weighted by Gasteiger charge is 2.30. The molecule has 2 fully saturated rings. The Kier molecular flexibility index (Phi) is 8.72. The number of hydrogen-bond acceptors (Lipinski definition) is 5. The molecule has 1 aromatic rings. The van der Waals surface area contributed by atoms with Gasteiger partial charge in [-0.3, -0.25) is 9.69 Å². The van der Waals surface area contributed by atoms with Crippen LogP contribution in [0.3, 0.4) is 0 Å². The Hall–Kier alpha value is -1.48. The molecular weight excluding hydrogens is 424 g/mol. The Labute approximate surface area is 194 Å². The second-order valence-electron chi connectivity index (χ2n) is 9.39. The number of rotatable bonds is 8. The summed E-state index contributed by atoms with van der Waals surface area (Å²) in [4.78, 5) is 17.4. The molecule has 0 bridgehead atoms. The number of benzene rings is 1. The van der Waals surface area contributed by atoms with Crippen molar-refractivity contribution in [2.24, 2.45) is 0 Å². The molecule has 1 amide bonds. The van der Waals surface area contributed by atoms with E-state index < -0.39 is 10.0 Å². The monoisotopic (exact) mass is 464 g/mol. The molecule has 0 unspecified atom stereocenters. The lowest BCUT2D eigenvalue weighted by Gasteiger charge is -2.35. The number of nitrogens with one attached hydrogen (secondary N) is 1. The van der Waals surface area contributed by atoms with Gasteiger partial charge in [-0.05, 0) is 58.2 Å². The molecular formula is C24H40N4O3S. The van der Waals surface area contributed by atoms with Gasteiger partial charge >= 0.3 is 0 Å². The standard InChI is InChI=1S/C24H40N4O3S/c1-19-17-20(2)24(21(3)18-19)32(30,31)28(16-15-26-11-6-5-7-22(26)4)12-8-23(29)27-13-9-25-10-14-27/h17-18,22,25H,5-16H2,1-4H3/t22-/m1/s1. The molecule has 3 rings (SSSR count). The maximum Gasteiger partial charge on any atom is 0.243 e. The van der Waals surface area contributed by atoms with E-state index in [1.807, 2.05) is 37.8 Å². The molecule has 0 aromatic heterocycles. The number of piperidine rings is 1. The maximum atomic E-state index is 13.8. The number of carbonyl (C=O) groups is 1. The molecule has 1 aromatic carbocycles. The summed E-state index contributed by atoms with van der Waals surface area (Å²) in [6, 6.07) is 4.33. The predicted octanol–water partition coefficient (Wildman–Crippen LogP) is 2.30. The fourth-order valence-corrected chi connectivity index (χ4v) is 6.92. The van der Waals surface area contributed by atoms with Crippen LogP contribution in [0, 0.1) is 20.8 Å². The Morgan fingerprint density at radius 2 is 1.72 bits per heavy atom. The topological polar surface area (TPSA) is 73.0 Å². The molecule has 32 heavy (non-hydrogen) atoms. The normalized spacial score (nSPS) is 20.7. The van der Waals surface area contributed by atoms with Crippen LogP contribution in [0.5, 0.6) is 0 Å². The van der Waals surface area contributed by atoms with E-state index in [-0.39, 0.29) is 18.9 Å². The van der Waals surface area contributed by atoms with Gasteiger partial charge in [0.1, 0.15) is 0 Å². The molecule has 2 aliphatic rings. The molecule has 0 saturated carbocycles. The lowest BCUT2D eigenvalue weighted by molar-refractivity contribution is -0.131. The second-order valence-corrected chi connectivity index (χ2v) is 11.3. The van der Waals surface area contributed by atoms with Crippen molar-refractivity contribution in [3.05, 3.63) is 28.8 Å². The van der Waals surface area contributed by atoms with Crippen molar-refractivity contribution in [1.82, 2.24) is 19.4 Å². The van der Waals surface area contributed by atoms with Crippen molar-refractivity contribution < 1.29 is 13.2 Å². The van der Waals surface area contributed by atoms with Crippen LogP contribution in [-0.2, 0) is 14.8 Å². The number of piperazine rings is 1. The maximum absolute atomic E-state index is 13.8. The van der Waals surface area contributed by atoms with Gasteiger partial charge in [0, 0.05) is 58.3 Å². The van der Waals surface area contributed by atoms with Crippen LogP contribution >= 0.6 is 0 Å². The van der Waals surface area contributed by atoms with E-state index in [9.17, 15) is 13.2 Å². The zero-order valence-electron chi connectivity index (χ0n) is 20.2. The fraction of sp³-hybridized carbons (Fsp3) is 0.708. The van der Waals surface area contributed by atoms with Gasteiger partial charge in [0.05, 0.1) is 4.90 Å². The molecule has 7 nitrogen and oxygen atoms in total. The van der Waals surface area contributed by atoms with Crippen molar-refractivity contribution in [2.75, 3.05) is 52.4 Å². The molecule has 2 saturated heterocycles. The Balaban J connectivity index is 1.79. The van der Waals surface area contributed by atoms with E-state index in [4.69, 9.17) is 0 Å². The van der Waals surface area contributed by atoms with Crippen LogP contribution in [0.4, 0.5) is 0 Å². The van der Waals surface area contributed by atoms with Crippen LogP contribution in [-0.4, -0.2) is 86.8 Å². The second kappa shape index (κ2) is 11.1. The number of nitrogens with zero attached hydrogens (tertiary/aromatic N) is 3. The largest absolute Gasteiger partial charge is 0.340 e. The predicted molar refractivity (Wildman–Crippen MR) is 128 cm³/mol. The first-order chi connectivity index (χ1) is 15.2. The van der Waals surface area contributed by atoms with E-state index in [1.165, 1.54) is 6.42 Å². The van der Waals surface area contributed by atoms with Crippen molar-refractivity contribution in [3.63, 3.8) is 0 Å².